The molecule has 0 aromatic heterocycles. The second kappa shape index (κ2) is 6.95. The summed E-state index contributed by atoms with van der Waals surface area (Å²) < 4.78 is 9.77. The molecular formula is C13H13NO5. The van der Waals surface area contributed by atoms with Gasteiger partial charge in [0.05, 0.1) is 18.1 Å². The van der Waals surface area contributed by atoms with Gasteiger partial charge in [-0.05, 0) is 19.1 Å². The van der Waals surface area contributed by atoms with Crippen molar-refractivity contribution in [2.75, 3.05) is 7.11 Å². The van der Waals surface area contributed by atoms with Gasteiger partial charge in [-0.25, -0.2) is 4.79 Å². The van der Waals surface area contributed by atoms with Gasteiger partial charge in [0.2, 0.25) is 5.75 Å². The van der Waals surface area contributed by atoms with Gasteiger partial charge < -0.3 is 9.47 Å². The minimum Gasteiger partial charge on any atom is -0.496 e. The average molecular weight is 263 g/mol. The lowest BCUT2D eigenvalue weighted by atomic mass is 10.3. The van der Waals surface area contributed by atoms with Gasteiger partial charge in [0.25, 0.3) is 0 Å². The molecular weight excluding hydrogens is 250 g/mol. The van der Waals surface area contributed by atoms with Crippen LogP contribution in [0.15, 0.2) is 42.5 Å². The number of hydrogen-bond donors (Lipinski definition) is 0. The molecule has 0 atom stereocenters. The molecule has 0 amide bonds. The smallest absolute Gasteiger partial charge is 0.336 e. The van der Waals surface area contributed by atoms with E-state index in [1.54, 1.807) is 19.1 Å². The quantitative estimate of drug-likeness (QED) is 0.204. The molecule has 0 unspecified atom stereocenters. The van der Waals surface area contributed by atoms with Crippen molar-refractivity contribution < 1.29 is 19.2 Å². The number of ether oxygens (including phenoxy) is 2. The first-order chi connectivity index (χ1) is 9.08. The summed E-state index contributed by atoms with van der Waals surface area (Å²) in [6.45, 7) is 1.80. The number of carbonyl (C=O) groups excluding carboxylic acids is 1. The highest BCUT2D eigenvalue weighted by Crippen LogP contribution is 2.31. The Kier molecular flexibility index (Phi) is 5.28. The summed E-state index contributed by atoms with van der Waals surface area (Å²) in [6.07, 6.45) is 6.04. The van der Waals surface area contributed by atoms with Crippen molar-refractivity contribution in [2.24, 2.45) is 0 Å². The summed E-state index contributed by atoms with van der Waals surface area (Å²) in [7, 11) is 1.39. The molecule has 1 rings (SSSR count). The number of rotatable bonds is 5. The molecule has 0 bridgehead atoms. The molecule has 0 spiro atoms. The summed E-state index contributed by atoms with van der Waals surface area (Å²) in [5, 5.41) is 10.9. The molecule has 0 aliphatic carbocycles. The van der Waals surface area contributed by atoms with E-state index in [1.165, 1.54) is 37.5 Å². The largest absolute Gasteiger partial charge is 0.496 e. The summed E-state index contributed by atoms with van der Waals surface area (Å²) in [4.78, 5) is 21.6. The van der Waals surface area contributed by atoms with Crippen molar-refractivity contribution in [3.63, 3.8) is 0 Å². The Bertz CT molecular complexity index is 534. The fourth-order valence-electron chi connectivity index (χ4n) is 1.24. The fourth-order valence-corrected chi connectivity index (χ4v) is 1.24. The highest BCUT2D eigenvalue weighted by atomic mass is 16.6. The van der Waals surface area contributed by atoms with Crippen LogP contribution in [0.1, 0.15) is 6.92 Å². The Hall–Kier alpha value is -2.63. The lowest BCUT2D eigenvalue weighted by molar-refractivity contribution is -0.385. The molecule has 0 aliphatic heterocycles. The Morgan fingerprint density at radius 2 is 2.11 bits per heavy atom. The number of methoxy groups -OCH3 is 1. The van der Waals surface area contributed by atoms with Gasteiger partial charge in [-0.3, -0.25) is 10.1 Å². The van der Waals surface area contributed by atoms with E-state index in [2.05, 4.69) is 0 Å². The standard InChI is InChI=1S/C13H13NO5/c1-3-4-5-6-13(15)19-12-8-7-10(18-2)9-11(12)14(16)17/h3-9H,1-2H3. The van der Waals surface area contributed by atoms with E-state index in [9.17, 15) is 14.9 Å². The fraction of sp³-hybridized carbons (Fsp3) is 0.154. The number of allylic oxidation sites excluding steroid dienone is 3. The van der Waals surface area contributed by atoms with Gasteiger partial charge in [-0.2, -0.15) is 0 Å². The predicted octanol–water partition coefficient (Wildman–Crippen LogP) is 2.64. The zero-order valence-electron chi connectivity index (χ0n) is 10.5. The summed E-state index contributed by atoms with van der Waals surface area (Å²) in [5.41, 5.74) is -0.327. The van der Waals surface area contributed by atoms with Crippen molar-refractivity contribution in [1.29, 1.82) is 0 Å². The van der Waals surface area contributed by atoms with E-state index in [0.717, 1.165) is 0 Å². The number of nitrogens with zero attached hydrogens (tertiary/aromatic N) is 1. The maximum absolute atomic E-state index is 11.4. The number of benzene rings is 1. The van der Waals surface area contributed by atoms with Gasteiger partial charge >= 0.3 is 11.7 Å². The van der Waals surface area contributed by atoms with Crippen molar-refractivity contribution in [3.05, 3.63) is 52.6 Å². The van der Waals surface area contributed by atoms with Gasteiger partial charge in [0.1, 0.15) is 5.75 Å². The molecule has 6 nitrogen and oxygen atoms in total. The first-order valence-corrected chi connectivity index (χ1v) is 5.42. The summed E-state index contributed by atoms with van der Waals surface area (Å²) >= 11 is 0. The SMILES string of the molecule is CC=CC=CC(=O)Oc1ccc(OC)cc1[N+](=O)[O-]. The van der Waals surface area contributed by atoms with Crippen molar-refractivity contribution >= 4 is 11.7 Å². The second-order valence-electron chi connectivity index (χ2n) is 3.40. The van der Waals surface area contributed by atoms with Crippen molar-refractivity contribution in [1.82, 2.24) is 0 Å². The molecule has 0 fully saturated rings. The lowest BCUT2D eigenvalue weighted by Crippen LogP contribution is -2.05. The third-order valence-electron chi connectivity index (χ3n) is 2.11. The van der Waals surface area contributed by atoms with Crippen LogP contribution in [0.5, 0.6) is 11.5 Å². The topological polar surface area (TPSA) is 78.7 Å². The molecule has 0 aliphatic rings. The summed E-state index contributed by atoms with van der Waals surface area (Å²) in [5.74, 6) is -0.497. The van der Waals surface area contributed by atoms with Crippen molar-refractivity contribution in [2.45, 2.75) is 6.92 Å². The number of hydrogen-bond acceptors (Lipinski definition) is 5. The van der Waals surface area contributed by atoms with E-state index in [1.807, 2.05) is 0 Å². The van der Waals surface area contributed by atoms with Crippen LogP contribution in [0.25, 0.3) is 0 Å². The third-order valence-corrected chi connectivity index (χ3v) is 2.11. The van der Waals surface area contributed by atoms with Gasteiger partial charge in [0, 0.05) is 6.08 Å². The van der Waals surface area contributed by atoms with E-state index in [4.69, 9.17) is 9.47 Å². The van der Waals surface area contributed by atoms with E-state index in [0.29, 0.717) is 5.75 Å². The van der Waals surface area contributed by atoms with Gasteiger partial charge in [0.15, 0.2) is 0 Å². The minimum atomic E-state index is -0.689. The average Bonchev–Trinajstić information content (AvgIpc) is 2.39. The minimum absolute atomic E-state index is 0.124. The maximum Gasteiger partial charge on any atom is 0.336 e. The highest BCUT2D eigenvalue weighted by molar-refractivity contribution is 5.85. The molecule has 0 saturated carbocycles. The first kappa shape index (κ1) is 14.4. The molecule has 19 heavy (non-hydrogen) atoms. The lowest BCUT2D eigenvalue weighted by Gasteiger charge is -2.04. The van der Waals surface area contributed by atoms with Gasteiger partial charge in [-0.15, -0.1) is 0 Å². The maximum atomic E-state index is 11.4. The first-order valence-electron chi connectivity index (χ1n) is 5.42. The Morgan fingerprint density at radius 3 is 2.68 bits per heavy atom. The van der Waals surface area contributed by atoms with Crippen LogP contribution in [0.3, 0.4) is 0 Å². The molecule has 1 aromatic rings. The van der Waals surface area contributed by atoms with Crippen molar-refractivity contribution in [3.8, 4) is 11.5 Å². The van der Waals surface area contributed by atoms with Crippen LogP contribution in [0, 0.1) is 10.1 Å². The van der Waals surface area contributed by atoms with Crippen LogP contribution in [0.2, 0.25) is 0 Å². The molecule has 0 heterocycles. The zero-order chi connectivity index (χ0) is 14.3. The molecule has 1 aromatic carbocycles. The third kappa shape index (κ3) is 4.27. The number of esters is 1. The highest BCUT2D eigenvalue weighted by Gasteiger charge is 2.18. The van der Waals surface area contributed by atoms with E-state index in [-0.39, 0.29) is 11.4 Å². The van der Waals surface area contributed by atoms with Gasteiger partial charge in [-0.1, -0.05) is 18.2 Å². The Labute approximate surface area is 110 Å². The molecule has 0 N–H and O–H groups in total. The zero-order valence-corrected chi connectivity index (χ0v) is 10.5. The Balaban J connectivity index is 2.94. The molecule has 100 valence electrons. The van der Waals surface area contributed by atoms with Crippen LogP contribution in [-0.2, 0) is 4.79 Å². The molecule has 0 radical (unpaired) electrons. The monoisotopic (exact) mass is 263 g/mol. The van der Waals surface area contributed by atoms with E-state index >= 15 is 0 Å². The van der Waals surface area contributed by atoms with Crippen LogP contribution in [0.4, 0.5) is 5.69 Å². The number of nitro benzene ring substituents is 1. The number of nitro groups is 1. The Morgan fingerprint density at radius 1 is 1.37 bits per heavy atom. The molecule has 6 heteroatoms. The van der Waals surface area contributed by atoms with Crippen LogP contribution in [-0.4, -0.2) is 18.0 Å². The normalized spacial score (nSPS) is 10.8. The predicted molar refractivity (Wildman–Crippen MR) is 69.2 cm³/mol. The second-order valence-corrected chi connectivity index (χ2v) is 3.40. The van der Waals surface area contributed by atoms with E-state index < -0.39 is 10.9 Å². The van der Waals surface area contributed by atoms with Crippen LogP contribution < -0.4 is 9.47 Å². The number of carbonyl (C=O) groups is 1. The summed E-state index contributed by atoms with van der Waals surface area (Å²) in [6, 6.07) is 3.99. The van der Waals surface area contributed by atoms with Crippen LogP contribution >= 0.6 is 0 Å². The molecule has 0 saturated heterocycles.